The van der Waals surface area contributed by atoms with E-state index in [1.54, 1.807) is 6.20 Å². The van der Waals surface area contributed by atoms with Crippen LogP contribution in [-0.4, -0.2) is 20.9 Å². The summed E-state index contributed by atoms with van der Waals surface area (Å²) in [5.41, 5.74) is 1.68. The van der Waals surface area contributed by atoms with Gasteiger partial charge in [0, 0.05) is 5.69 Å². The maximum atomic E-state index is 11.7. The van der Waals surface area contributed by atoms with Crippen LogP contribution < -0.4 is 5.32 Å². The van der Waals surface area contributed by atoms with Crippen molar-refractivity contribution < 1.29 is 9.21 Å². The van der Waals surface area contributed by atoms with E-state index in [0.29, 0.717) is 5.13 Å². The third-order valence-electron chi connectivity index (χ3n) is 2.29. The lowest BCUT2D eigenvalue weighted by Crippen LogP contribution is -2.10. The number of anilines is 1. The van der Waals surface area contributed by atoms with E-state index < -0.39 is 0 Å². The molecule has 18 heavy (non-hydrogen) atoms. The fourth-order valence-electron chi connectivity index (χ4n) is 1.47. The molecule has 0 radical (unpaired) electrons. The highest BCUT2D eigenvalue weighted by molar-refractivity contribution is 7.22. The summed E-state index contributed by atoms with van der Waals surface area (Å²) in [6.45, 7) is 1.91. The third kappa shape index (κ3) is 1.95. The smallest absolute Gasteiger partial charge is 0.294 e. The minimum Gasteiger partial charge on any atom is -0.438 e. The first-order valence-electron chi connectivity index (χ1n) is 5.15. The summed E-state index contributed by atoms with van der Waals surface area (Å²) in [6, 6.07) is 1.93. The summed E-state index contributed by atoms with van der Waals surface area (Å²) in [4.78, 5) is 23.8. The monoisotopic (exact) mass is 260 g/mol. The molecular formula is C11H8N4O2S. The van der Waals surface area contributed by atoms with Gasteiger partial charge < -0.3 is 4.42 Å². The minimum atomic E-state index is -0.365. The van der Waals surface area contributed by atoms with E-state index in [1.165, 1.54) is 23.9 Å². The summed E-state index contributed by atoms with van der Waals surface area (Å²) in [6.07, 6.45) is 4.25. The van der Waals surface area contributed by atoms with Gasteiger partial charge in [0.15, 0.2) is 11.5 Å². The number of rotatable bonds is 2. The van der Waals surface area contributed by atoms with Gasteiger partial charge >= 0.3 is 0 Å². The van der Waals surface area contributed by atoms with Crippen molar-refractivity contribution in [1.82, 2.24) is 15.0 Å². The average Bonchev–Trinajstić information content (AvgIpc) is 2.95. The fraction of sp³-hybridized carbons (Fsp3) is 0.0909. The van der Waals surface area contributed by atoms with Gasteiger partial charge in [-0.15, -0.1) is 0 Å². The highest BCUT2D eigenvalue weighted by Gasteiger charge is 2.12. The van der Waals surface area contributed by atoms with E-state index in [9.17, 15) is 4.79 Å². The van der Waals surface area contributed by atoms with Gasteiger partial charge in [-0.25, -0.2) is 9.97 Å². The second-order valence-electron chi connectivity index (χ2n) is 3.63. The number of nitrogens with zero attached hydrogens (tertiary/aromatic N) is 3. The molecule has 90 valence electrons. The topological polar surface area (TPSA) is 80.9 Å². The van der Waals surface area contributed by atoms with Crippen LogP contribution in [0.2, 0.25) is 0 Å². The van der Waals surface area contributed by atoms with E-state index in [0.717, 1.165) is 15.9 Å². The van der Waals surface area contributed by atoms with Crippen LogP contribution in [0, 0.1) is 6.92 Å². The van der Waals surface area contributed by atoms with Crippen LogP contribution in [0.25, 0.3) is 10.2 Å². The summed E-state index contributed by atoms with van der Waals surface area (Å²) < 4.78 is 5.88. The molecule has 0 aromatic carbocycles. The normalized spacial score (nSPS) is 10.7. The van der Waals surface area contributed by atoms with E-state index in [2.05, 4.69) is 20.3 Å². The maximum Gasteiger partial charge on any atom is 0.294 e. The highest BCUT2D eigenvalue weighted by Crippen LogP contribution is 2.25. The van der Waals surface area contributed by atoms with Crippen molar-refractivity contribution in [1.29, 1.82) is 0 Å². The Morgan fingerprint density at radius 3 is 3.11 bits per heavy atom. The number of aromatic nitrogens is 3. The van der Waals surface area contributed by atoms with Gasteiger partial charge in [0.1, 0.15) is 5.52 Å². The van der Waals surface area contributed by atoms with Crippen molar-refractivity contribution in [2.75, 3.05) is 5.32 Å². The summed E-state index contributed by atoms with van der Waals surface area (Å²) >= 11 is 1.39. The van der Waals surface area contributed by atoms with Gasteiger partial charge in [-0.1, -0.05) is 11.3 Å². The van der Waals surface area contributed by atoms with Crippen molar-refractivity contribution >= 4 is 32.6 Å². The van der Waals surface area contributed by atoms with Gasteiger partial charge in [0.25, 0.3) is 5.91 Å². The number of pyridine rings is 1. The predicted molar refractivity (Wildman–Crippen MR) is 66.6 cm³/mol. The van der Waals surface area contributed by atoms with Crippen molar-refractivity contribution in [3.63, 3.8) is 0 Å². The molecule has 3 aromatic heterocycles. The molecule has 0 saturated heterocycles. The molecule has 0 fully saturated rings. The number of fused-ring (bicyclic) bond motifs is 1. The van der Waals surface area contributed by atoms with Crippen molar-refractivity contribution in [3.05, 3.63) is 36.3 Å². The molecule has 1 amide bonds. The number of hydrogen-bond donors (Lipinski definition) is 1. The number of carbonyl (C=O) groups is 1. The Morgan fingerprint density at radius 1 is 1.44 bits per heavy atom. The molecule has 0 aliphatic heterocycles. The molecule has 6 nitrogen and oxygen atoms in total. The Bertz CT molecular complexity index is 705. The molecule has 3 heterocycles. The third-order valence-corrected chi connectivity index (χ3v) is 3.22. The molecular weight excluding hydrogens is 252 g/mol. The van der Waals surface area contributed by atoms with Crippen LogP contribution in [0.4, 0.5) is 5.13 Å². The molecule has 0 unspecified atom stereocenters. The molecule has 0 atom stereocenters. The quantitative estimate of drug-likeness (QED) is 0.764. The summed E-state index contributed by atoms with van der Waals surface area (Å²) in [5.74, 6) is -0.209. The fourth-order valence-corrected chi connectivity index (χ4v) is 2.40. The zero-order chi connectivity index (χ0) is 12.5. The van der Waals surface area contributed by atoms with Crippen LogP contribution in [0.3, 0.4) is 0 Å². The molecule has 1 N–H and O–H groups in total. The van der Waals surface area contributed by atoms with Gasteiger partial charge in [0.2, 0.25) is 5.76 Å². The van der Waals surface area contributed by atoms with Crippen LogP contribution in [-0.2, 0) is 0 Å². The van der Waals surface area contributed by atoms with Gasteiger partial charge in [-0.3, -0.25) is 15.1 Å². The number of amides is 1. The molecule has 0 aliphatic carbocycles. The van der Waals surface area contributed by atoms with Gasteiger partial charge in [-0.2, -0.15) is 0 Å². The molecule has 0 bridgehead atoms. The van der Waals surface area contributed by atoms with E-state index >= 15 is 0 Å². The molecule has 7 heteroatoms. The van der Waals surface area contributed by atoms with Gasteiger partial charge in [-0.05, 0) is 13.0 Å². The molecule has 3 aromatic rings. The molecule has 0 spiro atoms. The Kier molecular flexibility index (Phi) is 2.52. The second kappa shape index (κ2) is 4.19. The standard InChI is InChI=1S/C11H8N4O2S/c1-6-2-9-7(3-13-6)14-11(18-9)15-10(16)8-4-12-5-17-8/h2-5H,1H3,(H,14,15,16). The number of thiazole rings is 1. The van der Waals surface area contributed by atoms with Crippen molar-refractivity contribution in [2.45, 2.75) is 6.92 Å². The second-order valence-corrected chi connectivity index (χ2v) is 4.66. The Morgan fingerprint density at radius 2 is 2.33 bits per heavy atom. The van der Waals surface area contributed by atoms with E-state index in [1.807, 2.05) is 13.0 Å². The van der Waals surface area contributed by atoms with Crippen LogP contribution >= 0.6 is 11.3 Å². The summed E-state index contributed by atoms with van der Waals surface area (Å²) in [5, 5.41) is 3.17. The Hall–Kier alpha value is -2.28. The average molecular weight is 260 g/mol. The lowest BCUT2D eigenvalue weighted by molar-refractivity contribution is 0.0996. The number of carbonyl (C=O) groups excluding carboxylic acids is 1. The summed E-state index contributed by atoms with van der Waals surface area (Å²) in [7, 11) is 0. The van der Waals surface area contributed by atoms with Crippen molar-refractivity contribution in [2.24, 2.45) is 0 Å². The predicted octanol–water partition coefficient (Wildman–Crippen LogP) is 2.24. The number of aryl methyl sites for hydroxylation is 1. The maximum absolute atomic E-state index is 11.7. The van der Waals surface area contributed by atoms with E-state index in [-0.39, 0.29) is 11.7 Å². The molecule has 3 rings (SSSR count). The molecule has 0 saturated carbocycles. The number of hydrogen-bond acceptors (Lipinski definition) is 6. The lowest BCUT2D eigenvalue weighted by atomic mass is 10.4. The first-order valence-corrected chi connectivity index (χ1v) is 5.97. The largest absolute Gasteiger partial charge is 0.438 e. The Labute approximate surface area is 106 Å². The van der Waals surface area contributed by atoms with Crippen LogP contribution in [0.15, 0.2) is 29.3 Å². The van der Waals surface area contributed by atoms with E-state index in [4.69, 9.17) is 4.42 Å². The number of nitrogens with one attached hydrogen (secondary N) is 1. The van der Waals surface area contributed by atoms with Crippen molar-refractivity contribution in [3.8, 4) is 0 Å². The highest BCUT2D eigenvalue weighted by atomic mass is 32.1. The molecule has 0 aliphatic rings. The lowest BCUT2D eigenvalue weighted by Gasteiger charge is -1.95. The minimum absolute atomic E-state index is 0.156. The van der Waals surface area contributed by atoms with Crippen LogP contribution in [0.5, 0.6) is 0 Å². The zero-order valence-corrected chi connectivity index (χ0v) is 10.2. The first kappa shape index (κ1) is 10.8. The first-order chi connectivity index (χ1) is 8.72. The Balaban J connectivity index is 1.89. The SMILES string of the molecule is Cc1cc2sc(NC(=O)c3cnco3)nc2cn1. The zero-order valence-electron chi connectivity index (χ0n) is 9.38. The number of oxazole rings is 1. The van der Waals surface area contributed by atoms with Gasteiger partial charge in [0.05, 0.1) is 17.1 Å². The van der Waals surface area contributed by atoms with Crippen LogP contribution in [0.1, 0.15) is 16.2 Å².